The fraction of sp³-hybridized carbons (Fsp3) is 1.00. The van der Waals surface area contributed by atoms with Gasteiger partial charge in [0.05, 0.1) is 0 Å². The molecule has 0 aromatic heterocycles. The van der Waals surface area contributed by atoms with E-state index in [-0.39, 0.29) is 0 Å². The molecule has 50 valence electrons. The quantitative estimate of drug-likeness (QED) is 0.430. The molecular formula is C4H10BrNS2. The Kier molecular flexibility index (Phi) is 9.30. The summed E-state index contributed by atoms with van der Waals surface area (Å²) in [4.78, 5) is 0. The van der Waals surface area contributed by atoms with Crippen LogP contribution in [0.4, 0.5) is 0 Å². The van der Waals surface area contributed by atoms with E-state index in [1.165, 1.54) is 5.75 Å². The third-order valence-electron chi connectivity index (χ3n) is 0.445. The summed E-state index contributed by atoms with van der Waals surface area (Å²) in [6, 6.07) is 0. The molecule has 0 amide bonds. The summed E-state index contributed by atoms with van der Waals surface area (Å²) in [5.74, 6) is 2.24. The molecule has 0 radical (unpaired) electrons. The lowest BCUT2D eigenvalue weighted by molar-refractivity contribution is 1.16. The van der Waals surface area contributed by atoms with Crippen LogP contribution in [0.25, 0.3) is 0 Å². The van der Waals surface area contributed by atoms with Gasteiger partial charge in [0.2, 0.25) is 0 Å². The molecule has 0 saturated carbocycles. The summed E-state index contributed by atoms with van der Waals surface area (Å²) >= 11 is 3.34. The second-order valence-corrected chi connectivity index (χ2v) is 4.62. The van der Waals surface area contributed by atoms with Gasteiger partial charge in [-0.2, -0.15) is 0 Å². The molecule has 0 atom stereocenters. The van der Waals surface area contributed by atoms with E-state index in [4.69, 9.17) is 5.73 Å². The summed E-state index contributed by atoms with van der Waals surface area (Å²) < 4.78 is 0. The maximum absolute atomic E-state index is 5.26. The maximum Gasteiger partial charge on any atom is 0.0160 e. The van der Waals surface area contributed by atoms with Crippen molar-refractivity contribution in [3.05, 3.63) is 0 Å². The first-order valence-electron chi connectivity index (χ1n) is 2.42. The van der Waals surface area contributed by atoms with Gasteiger partial charge < -0.3 is 5.73 Å². The summed E-state index contributed by atoms with van der Waals surface area (Å²) in [5, 5.41) is 1.08. The van der Waals surface area contributed by atoms with Gasteiger partial charge in [-0.1, -0.05) is 37.5 Å². The minimum atomic E-state index is 0.792. The molecule has 0 fully saturated rings. The van der Waals surface area contributed by atoms with Crippen molar-refractivity contribution in [1.82, 2.24) is 0 Å². The van der Waals surface area contributed by atoms with Gasteiger partial charge >= 0.3 is 0 Å². The van der Waals surface area contributed by atoms with Crippen LogP contribution in [0.5, 0.6) is 0 Å². The summed E-state index contributed by atoms with van der Waals surface area (Å²) in [6.07, 6.45) is 0. The van der Waals surface area contributed by atoms with Gasteiger partial charge in [0.25, 0.3) is 0 Å². The fourth-order valence-electron chi connectivity index (χ4n) is 0.197. The number of halogens is 1. The van der Waals surface area contributed by atoms with Crippen molar-refractivity contribution in [1.29, 1.82) is 0 Å². The van der Waals surface area contributed by atoms with E-state index in [0.717, 1.165) is 17.6 Å². The molecule has 4 heteroatoms. The van der Waals surface area contributed by atoms with E-state index < -0.39 is 0 Å². The Bertz CT molecular complexity index is 39.0. The Morgan fingerprint density at radius 2 is 1.88 bits per heavy atom. The van der Waals surface area contributed by atoms with E-state index in [2.05, 4.69) is 15.9 Å². The van der Waals surface area contributed by atoms with Gasteiger partial charge in [-0.25, -0.2) is 0 Å². The summed E-state index contributed by atoms with van der Waals surface area (Å²) in [5.41, 5.74) is 5.26. The molecule has 0 aromatic carbocycles. The molecular weight excluding hydrogens is 206 g/mol. The largest absolute Gasteiger partial charge is 0.330 e. The van der Waals surface area contributed by atoms with Crippen molar-refractivity contribution in [3.63, 3.8) is 0 Å². The molecule has 0 saturated heterocycles. The lowest BCUT2D eigenvalue weighted by Gasteiger charge is -1.93. The zero-order valence-electron chi connectivity index (χ0n) is 4.60. The van der Waals surface area contributed by atoms with Crippen LogP contribution in [-0.4, -0.2) is 23.4 Å². The normalized spacial score (nSPS) is 9.75. The Balaban J connectivity index is 2.53. The highest BCUT2D eigenvalue weighted by Gasteiger charge is 1.84. The highest BCUT2D eigenvalue weighted by Crippen LogP contribution is 2.19. The van der Waals surface area contributed by atoms with Crippen molar-refractivity contribution in [2.75, 3.05) is 23.4 Å². The number of hydrogen-bond donors (Lipinski definition) is 1. The van der Waals surface area contributed by atoms with E-state index in [1.54, 1.807) is 0 Å². The van der Waals surface area contributed by atoms with Crippen molar-refractivity contribution in [2.24, 2.45) is 5.73 Å². The number of nitrogens with two attached hydrogens (primary N) is 1. The molecule has 0 unspecified atom stereocenters. The zero-order chi connectivity index (χ0) is 6.24. The Morgan fingerprint density at radius 1 is 1.25 bits per heavy atom. The Labute approximate surface area is 66.7 Å². The van der Waals surface area contributed by atoms with Crippen LogP contribution < -0.4 is 5.73 Å². The van der Waals surface area contributed by atoms with Gasteiger partial charge in [0.1, 0.15) is 0 Å². The molecule has 0 aliphatic rings. The average molecular weight is 216 g/mol. The Hall–Kier alpha value is 1.14. The molecule has 0 aromatic rings. The zero-order valence-corrected chi connectivity index (χ0v) is 7.82. The molecule has 0 spiro atoms. The summed E-state index contributed by atoms with van der Waals surface area (Å²) in [6.45, 7) is 0.792. The van der Waals surface area contributed by atoms with Crippen LogP contribution in [0.1, 0.15) is 0 Å². The SMILES string of the molecule is NCCSSCCBr. The molecule has 0 bridgehead atoms. The number of hydrogen-bond acceptors (Lipinski definition) is 3. The predicted octanol–water partition coefficient (Wildman–Crippen LogP) is 1.72. The van der Waals surface area contributed by atoms with Crippen LogP contribution >= 0.6 is 37.5 Å². The molecule has 8 heavy (non-hydrogen) atoms. The van der Waals surface area contributed by atoms with Crippen LogP contribution in [0, 0.1) is 0 Å². The second kappa shape index (κ2) is 8.14. The third kappa shape index (κ3) is 7.14. The first kappa shape index (κ1) is 9.14. The highest BCUT2D eigenvalue weighted by atomic mass is 79.9. The summed E-state index contributed by atoms with van der Waals surface area (Å²) in [7, 11) is 3.71. The van der Waals surface area contributed by atoms with Crippen LogP contribution in [0.2, 0.25) is 0 Å². The number of rotatable bonds is 5. The van der Waals surface area contributed by atoms with Crippen molar-refractivity contribution in [3.8, 4) is 0 Å². The molecule has 0 rings (SSSR count). The van der Waals surface area contributed by atoms with Crippen LogP contribution in [0.15, 0.2) is 0 Å². The minimum absolute atomic E-state index is 0.792. The monoisotopic (exact) mass is 215 g/mol. The van der Waals surface area contributed by atoms with Gasteiger partial charge in [-0.15, -0.1) is 0 Å². The smallest absolute Gasteiger partial charge is 0.0160 e. The maximum atomic E-state index is 5.26. The molecule has 0 aliphatic carbocycles. The number of alkyl halides is 1. The molecule has 0 heterocycles. The predicted molar refractivity (Wildman–Crippen MR) is 47.8 cm³/mol. The van der Waals surface area contributed by atoms with Crippen LogP contribution in [-0.2, 0) is 0 Å². The topological polar surface area (TPSA) is 26.0 Å². The molecule has 0 aliphatic heterocycles. The van der Waals surface area contributed by atoms with E-state index in [0.29, 0.717) is 0 Å². The Morgan fingerprint density at radius 3 is 2.38 bits per heavy atom. The van der Waals surface area contributed by atoms with Gasteiger partial charge in [-0.3, -0.25) is 0 Å². The van der Waals surface area contributed by atoms with Crippen LogP contribution in [0.3, 0.4) is 0 Å². The van der Waals surface area contributed by atoms with E-state index in [9.17, 15) is 0 Å². The molecule has 1 nitrogen and oxygen atoms in total. The second-order valence-electron chi connectivity index (χ2n) is 1.12. The lowest BCUT2D eigenvalue weighted by Crippen LogP contribution is -1.99. The molecule has 2 N–H and O–H groups in total. The van der Waals surface area contributed by atoms with Crippen molar-refractivity contribution < 1.29 is 0 Å². The van der Waals surface area contributed by atoms with Crippen molar-refractivity contribution >= 4 is 37.5 Å². The fourth-order valence-corrected chi connectivity index (χ4v) is 2.97. The van der Waals surface area contributed by atoms with Gasteiger partial charge in [-0.05, 0) is 0 Å². The first-order valence-corrected chi connectivity index (χ1v) is 6.03. The van der Waals surface area contributed by atoms with E-state index in [1.807, 2.05) is 21.6 Å². The lowest BCUT2D eigenvalue weighted by atomic mass is 10.8. The van der Waals surface area contributed by atoms with Gasteiger partial charge in [0, 0.05) is 23.4 Å². The minimum Gasteiger partial charge on any atom is -0.330 e. The van der Waals surface area contributed by atoms with E-state index >= 15 is 0 Å². The van der Waals surface area contributed by atoms with Gasteiger partial charge in [0.15, 0.2) is 0 Å². The standard InChI is InChI=1S/C4H10BrNS2/c5-1-3-7-8-4-2-6/h1-4,6H2. The first-order chi connectivity index (χ1) is 3.91. The average Bonchev–Trinajstić information content (AvgIpc) is 1.81. The third-order valence-corrected chi connectivity index (χ3v) is 3.81. The van der Waals surface area contributed by atoms with Crippen molar-refractivity contribution in [2.45, 2.75) is 0 Å². The highest BCUT2D eigenvalue weighted by molar-refractivity contribution is 9.09.